The first kappa shape index (κ1) is 23.6. The highest BCUT2D eigenvalue weighted by Crippen LogP contribution is 2.37. The molecule has 0 atom stereocenters. The Kier molecular flexibility index (Phi) is 6.71. The number of aromatic nitrogens is 2. The van der Waals surface area contributed by atoms with Gasteiger partial charge in [0, 0.05) is 12.1 Å². The number of halogens is 1. The number of para-hydroxylation sites is 3. The minimum absolute atomic E-state index is 0.212. The predicted molar refractivity (Wildman–Crippen MR) is 135 cm³/mol. The summed E-state index contributed by atoms with van der Waals surface area (Å²) in [4.78, 5) is 15.3. The second kappa shape index (κ2) is 10.2. The molecule has 1 heterocycles. The third-order valence-electron chi connectivity index (χ3n) is 6.30. The van der Waals surface area contributed by atoms with E-state index < -0.39 is 5.82 Å². The monoisotopic (exact) mass is 485 g/mol. The lowest BCUT2D eigenvalue weighted by atomic mass is 10.1. The van der Waals surface area contributed by atoms with Gasteiger partial charge in [-0.1, -0.05) is 36.4 Å². The van der Waals surface area contributed by atoms with Gasteiger partial charge in [-0.2, -0.15) is 5.10 Å². The lowest BCUT2D eigenvalue weighted by Gasteiger charge is -2.23. The van der Waals surface area contributed by atoms with E-state index in [4.69, 9.17) is 14.6 Å². The standard InChI is InChI=1S/C29H28FN3O3/c1-20-25(19-32(18-21-15-16-21)28(34)22-9-8-10-23(30)17-22)29(33(31-20)24-11-4-3-5-12-24)36-27-14-7-6-13-26(27)35-2/h3-14,17,21H,15-16,18-19H2,1-2H3. The van der Waals surface area contributed by atoms with Crippen LogP contribution in [-0.2, 0) is 6.54 Å². The summed E-state index contributed by atoms with van der Waals surface area (Å²) in [5.74, 6) is 1.45. The Morgan fingerprint density at radius 2 is 1.75 bits per heavy atom. The largest absolute Gasteiger partial charge is 0.493 e. The van der Waals surface area contributed by atoms with Gasteiger partial charge in [0.25, 0.3) is 5.91 Å². The molecule has 0 aliphatic heterocycles. The van der Waals surface area contributed by atoms with Crippen LogP contribution in [0.4, 0.5) is 4.39 Å². The second-order valence-electron chi connectivity index (χ2n) is 9.01. The van der Waals surface area contributed by atoms with E-state index >= 15 is 0 Å². The molecular formula is C29H28FN3O3. The molecule has 3 aromatic carbocycles. The third-order valence-corrected chi connectivity index (χ3v) is 6.30. The molecule has 5 rings (SSSR count). The zero-order valence-corrected chi connectivity index (χ0v) is 20.4. The van der Waals surface area contributed by atoms with Crippen LogP contribution in [0, 0.1) is 18.7 Å². The van der Waals surface area contributed by atoms with Crippen molar-refractivity contribution in [1.29, 1.82) is 0 Å². The van der Waals surface area contributed by atoms with E-state index in [0.29, 0.717) is 35.4 Å². The quantitative estimate of drug-likeness (QED) is 0.284. The van der Waals surface area contributed by atoms with Gasteiger partial charge >= 0.3 is 0 Å². The second-order valence-corrected chi connectivity index (χ2v) is 9.01. The van der Waals surface area contributed by atoms with Gasteiger partial charge in [-0.3, -0.25) is 4.79 Å². The molecule has 1 aliphatic carbocycles. The fraction of sp³-hybridized carbons (Fsp3) is 0.241. The van der Waals surface area contributed by atoms with Crippen LogP contribution in [0.5, 0.6) is 17.4 Å². The molecule has 0 unspecified atom stereocenters. The highest BCUT2D eigenvalue weighted by atomic mass is 19.1. The Balaban J connectivity index is 1.56. The van der Waals surface area contributed by atoms with Crippen LogP contribution < -0.4 is 9.47 Å². The number of methoxy groups -OCH3 is 1. The van der Waals surface area contributed by atoms with Crippen molar-refractivity contribution in [3.63, 3.8) is 0 Å². The maximum atomic E-state index is 13.9. The molecule has 6 nitrogen and oxygen atoms in total. The zero-order valence-electron chi connectivity index (χ0n) is 20.4. The molecule has 1 aromatic heterocycles. The Hall–Kier alpha value is -4.13. The molecule has 184 valence electrons. The van der Waals surface area contributed by atoms with Crippen molar-refractivity contribution in [2.45, 2.75) is 26.3 Å². The number of carbonyl (C=O) groups is 1. The minimum atomic E-state index is -0.430. The van der Waals surface area contributed by atoms with E-state index in [1.165, 1.54) is 12.1 Å². The highest BCUT2D eigenvalue weighted by molar-refractivity contribution is 5.94. The molecule has 0 bridgehead atoms. The molecular weight excluding hydrogens is 457 g/mol. The van der Waals surface area contributed by atoms with Crippen LogP contribution >= 0.6 is 0 Å². The number of ether oxygens (including phenoxy) is 2. The van der Waals surface area contributed by atoms with Gasteiger partial charge in [0.15, 0.2) is 11.5 Å². The number of benzene rings is 3. The lowest BCUT2D eigenvalue weighted by Crippen LogP contribution is -2.32. The normalized spacial score (nSPS) is 12.9. The molecule has 1 amide bonds. The first-order valence-electron chi connectivity index (χ1n) is 12.0. The highest BCUT2D eigenvalue weighted by Gasteiger charge is 2.30. The molecule has 1 aliphatic rings. The average molecular weight is 486 g/mol. The van der Waals surface area contributed by atoms with Gasteiger partial charge in [-0.15, -0.1) is 0 Å². The number of aryl methyl sites for hydroxylation is 1. The molecule has 0 spiro atoms. The van der Waals surface area contributed by atoms with Crippen molar-refractivity contribution in [1.82, 2.24) is 14.7 Å². The third kappa shape index (κ3) is 5.10. The van der Waals surface area contributed by atoms with E-state index in [2.05, 4.69) is 0 Å². The molecule has 1 saturated carbocycles. The first-order valence-corrected chi connectivity index (χ1v) is 12.0. The van der Waals surface area contributed by atoms with Gasteiger partial charge in [0.1, 0.15) is 5.82 Å². The lowest BCUT2D eigenvalue weighted by molar-refractivity contribution is 0.0733. The molecule has 0 saturated heterocycles. The Labute approximate surface area is 209 Å². The van der Waals surface area contributed by atoms with E-state index in [1.54, 1.807) is 28.8 Å². The van der Waals surface area contributed by atoms with Crippen LogP contribution in [0.15, 0.2) is 78.9 Å². The number of amides is 1. The SMILES string of the molecule is COc1ccccc1Oc1c(CN(CC2CC2)C(=O)c2cccc(F)c2)c(C)nn1-c1ccccc1. The average Bonchev–Trinajstić information content (AvgIpc) is 3.67. The topological polar surface area (TPSA) is 56.6 Å². The van der Waals surface area contributed by atoms with Crippen LogP contribution in [0.1, 0.15) is 34.5 Å². The van der Waals surface area contributed by atoms with Crippen molar-refractivity contribution in [3.8, 4) is 23.1 Å². The van der Waals surface area contributed by atoms with Gasteiger partial charge in [0.05, 0.1) is 30.6 Å². The summed E-state index contributed by atoms with van der Waals surface area (Å²) in [6, 6.07) is 23.0. The van der Waals surface area contributed by atoms with Crippen LogP contribution in [0.25, 0.3) is 5.69 Å². The maximum absolute atomic E-state index is 13.9. The number of rotatable bonds is 9. The molecule has 1 fully saturated rings. The van der Waals surface area contributed by atoms with E-state index in [1.807, 2.05) is 61.5 Å². The van der Waals surface area contributed by atoms with Crippen molar-refractivity contribution in [2.75, 3.05) is 13.7 Å². The fourth-order valence-electron chi connectivity index (χ4n) is 4.20. The predicted octanol–water partition coefficient (Wildman–Crippen LogP) is 6.17. The number of nitrogens with zero attached hydrogens (tertiary/aromatic N) is 3. The number of hydrogen-bond donors (Lipinski definition) is 0. The van der Waals surface area contributed by atoms with Gasteiger partial charge in [0.2, 0.25) is 5.88 Å². The molecule has 7 heteroatoms. The van der Waals surface area contributed by atoms with Crippen LogP contribution in [0.3, 0.4) is 0 Å². The Morgan fingerprint density at radius 1 is 1.03 bits per heavy atom. The molecule has 0 N–H and O–H groups in total. The Morgan fingerprint density at radius 3 is 2.44 bits per heavy atom. The maximum Gasteiger partial charge on any atom is 0.254 e. The summed E-state index contributed by atoms with van der Waals surface area (Å²) in [7, 11) is 1.60. The molecule has 4 aromatic rings. The van der Waals surface area contributed by atoms with Gasteiger partial charge in [-0.25, -0.2) is 9.07 Å². The summed E-state index contributed by atoms with van der Waals surface area (Å²) in [5, 5.41) is 4.78. The van der Waals surface area contributed by atoms with E-state index in [9.17, 15) is 9.18 Å². The Bertz CT molecular complexity index is 1370. The van der Waals surface area contributed by atoms with Crippen LogP contribution in [0.2, 0.25) is 0 Å². The van der Waals surface area contributed by atoms with E-state index in [-0.39, 0.29) is 12.5 Å². The van der Waals surface area contributed by atoms with Gasteiger partial charge < -0.3 is 14.4 Å². The van der Waals surface area contributed by atoms with Gasteiger partial charge in [-0.05, 0) is 68.1 Å². The minimum Gasteiger partial charge on any atom is -0.493 e. The summed E-state index contributed by atoms with van der Waals surface area (Å²) in [5.41, 5.74) is 2.70. The van der Waals surface area contributed by atoms with Crippen molar-refractivity contribution < 1.29 is 18.7 Å². The summed E-state index contributed by atoms with van der Waals surface area (Å²) >= 11 is 0. The van der Waals surface area contributed by atoms with Crippen LogP contribution in [-0.4, -0.2) is 34.2 Å². The fourth-order valence-corrected chi connectivity index (χ4v) is 4.20. The summed E-state index contributed by atoms with van der Waals surface area (Å²) in [6.07, 6.45) is 2.17. The van der Waals surface area contributed by atoms with Crippen molar-refractivity contribution in [3.05, 3.63) is 102 Å². The van der Waals surface area contributed by atoms with Crippen molar-refractivity contribution in [2.24, 2.45) is 5.92 Å². The molecule has 36 heavy (non-hydrogen) atoms. The number of hydrogen-bond acceptors (Lipinski definition) is 4. The zero-order chi connectivity index (χ0) is 25.1. The summed E-state index contributed by atoms with van der Waals surface area (Å²) < 4.78 is 27.6. The number of carbonyl (C=O) groups excluding carboxylic acids is 1. The molecule has 0 radical (unpaired) electrons. The first-order chi connectivity index (χ1) is 17.5. The smallest absolute Gasteiger partial charge is 0.254 e. The van der Waals surface area contributed by atoms with Crippen molar-refractivity contribution >= 4 is 5.91 Å². The summed E-state index contributed by atoms with van der Waals surface area (Å²) in [6.45, 7) is 2.79. The van der Waals surface area contributed by atoms with E-state index in [0.717, 1.165) is 29.8 Å².